The summed E-state index contributed by atoms with van der Waals surface area (Å²) in [5, 5.41) is 3.11. The van der Waals surface area contributed by atoms with Gasteiger partial charge in [-0.3, -0.25) is 10.1 Å². The quantitative estimate of drug-likeness (QED) is 0.650. The lowest BCUT2D eigenvalue weighted by Gasteiger charge is -2.29. The molecule has 4 nitrogen and oxygen atoms in total. The molecule has 1 amide bonds. The van der Waals surface area contributed by atoms with E-state index in [1.807, 2.05) is 13.8 Å². The molecule has 13 heavy (non-hydrogen) atoms. The number of nitrogens with two attached hydrogens (primary N) is 1. The van der Waals surface area contributed by atoms with E-state index < -0.39 is 5.54 Å². The average Bonchev–Trinajstić information content (AvgIpc) is 2.01. The highest BCUT2D eigenvalue weighted by molar-refractivity contribution is 5.83. The van der Waals surface area contributed by atoms with Crippen molar-refractivity contribution in [2.24, 2.45) is 5.73 Å². The van der Waals surface area contributed by atoms with Gasteiger partial charge in [-0.25, -0.2) is 0 Å². The normalized spacial score (nSPS) is 16.7. The number of methoxy groups -OCH3 is 1. The minimum atomic E-state index is -0.688. The van der Waals surface area contributed by atoms with Crippen LogP contribution in [0.5, 0.6) is 0 Å². The van der Waals surface area contributed by atoms with Crippen LogP contribution < -0.4 is 11.1 Å². The van der Waals surface area contributed by atoms with Crippen LogP contribution in [0.15, 0.2) is 0 Å². The van der Waals surface area contributed by atoms with Crippen LogP contribution in [0, 0.1) is 0 Å². The predicted octanol–water partition coefficient (Wildman–Crippen LogP) is 0.263. The molecule has 3 N–H and O–H groups in total. The van der Waals surface area contributed by atoms with Crippen molar-refractivity contribution >= 4 is 5.91 Å². The molecule has 0 saturated carbocycles. The highest BCUT2D eigenvalue weighted by Gasteiger charge is 2.27. The van der Waals surface area contributed by atoms with Gasteiger partial charge in [0.2, 0.25) is 5.91 Å². The van der Waals surface area contributed by atoms with Gasteiger partial charge in [0, 0.05) is 13.2 Å². The Hall–Kier alpha value is -0.610. The van der Waals surface area contributed by atoms with Crippen LogP contribution in [-0.2, 0) is 9.53 Å². The van der Waals surface area contributed by atoms with Crippen LogP contribution in [0.3, 0.4) is 0 Å². The van der Waals surface area contributed by atoms with Gasteiger partial charge in [0.05, 0.1) is 11.6 Å². The molecule has 0 aromatic heterocycles. The van der Waals surface area contributed by atoms with Gasteiger partial charge in [-0.05, 0) is 27.7 Å². The van der Waals surface area contributed by atoms with Crippen LogP contribution in [0.1, 0.15) is 27.7 Å². The largest absolute Gasteiger partial charge is 0.380 e. The number of ether oxygens (including phenoxy) is 1. The van der Waals surface area contributed by atoms with Crippen molar-refractivity contribution in [2.45, 2.75) is 45.4 Å². The summed E-state index contributed by atoms with van der Waals surface area (Å²) in [4.78, 5) is 11.0. The first-order valence-corrected chi connectivity index (χ1v) is 4.41. The van der Waals surface area contributed by atoms with E-state index in [0.29, 0.717) is 0 Å². The molecule has 0 aliphatic carbocycles. The summed E-state index contributed by atoms with van der Waals surface area (Å²) in [6, 6.07) is 0.0903. The van der Waals surface area contributed by atoms with E-state index in [9.17, 15) is 4.79 Å². The van der Waals surface area contributed by atoms with Crippen LogP contribution >= 0.6 is 0 Å². The first-order chi connectivity index (χ1) is 5.81. The third-order valence-corrected chi connectivity index (χ3v) is 2.28. The van der Waals surface area contributed by atoms with Gasteiger partial charge in [0.1, 0.15) is 0 Å². The molecule has 2 atom stereocenters. The molecule has 0 aliphatic rings. The van der Waals surface area contributed by atoms with E-state index in [1.54, 1.807) is 21.0 Å². The topological polar surface area (TPSA) is 64.3 Å². The summed E-state index contributed by atoms with van der Waals surface area (Å²) in [5.41, 5.74) is 4.53. The highest BCUT2D eigenvalue weighted by atomic mass is 16.5. The van der Waals surface area contributed by atoms with Crippen LogP contribution in [0.2, 0.25) is 0 Å². The molecule has 0 spiro atoms. The number of carbonyl (C=O) groups is 1. The van der Waals surface area contributed by atoms with Crippen molar-refractivity contribution in [1.82, 2.24) is 5.32 Å². The van der Waals surface area contributed by atoms with E-state index in [4.69, 9.17) is 10.5 Å². The molecule has 0 radical (unpaired) electrons. The summed E-state index contributed by atoms with van der Waals surface area (Å²) in [6.45, 7) is 7.41. The van der Waals surface area contributed by atoms with E-state index in [1.165, 1.54) is 0 Å². The Morgan fingerprint density at radius 2 is 1.92 bits per heavy atom. The first-order valence-electron chi connectivity index (χ1n) is 4.41. The molecule has 78 valence electrons. The minimum Gasteiger partial charge on any atom is -0.380 e. The zero-order valence-corrected chi connectivity index (χ0v) is 9.05. The summed E-state index contributed by atoms with van der Waals surface area (Å²) in [6.07, 6.45) is 0.0543. The lowest BCUT2D eigenvalue weighted by atomic mass is 10.0. The third-order valence-electron chi connectivity index (χ3n) is 2.28. The lowest BCUT2D eigenvalue weighted by Crippen LogP contribution is -2.56. The Labute approximate surface area is 79.8 Å². The van der Waals surface area contributed by atoms with Gasteiger partial charge in [-0.15, -0.1) is 0 Å². The first kappa shape index (κ1) is 12.4. The maximum Gasteiger partial charge on any atom is 0.237 e. The molecule has 0 aliphatic heterocycles. The Morgan fingerprint density at radius 3 is 2.23 bits per heavy atom. The zero-order valence-electron chi connectivity index (χ0n) is 9.05. The fourth-order valence-corrected chi connectivity index (χ4v) is 0.962. The summed E-state index contributed by atoms with van der Waals surface area (Å²) in [7, 11) is 1.64. The molecule has 2 unspecified atom stereocenters. The van der Waals surface area contributed by atoms with Crippen molar-refractivity contribution in [3.05, 3.63) is 0 Å². The van der Waals surface area contributed by atoms with Gasteiger partial charge < -0.3 is 10.5 Å². The SMILES string of the molecule is COC(C)C(C)NC(C)(C)C(N)=O. The molecule has 0 aromatic carbocycles. The second-order valence-corrected chi connectivity index (χ2v) is 3.86. The Kier molecular flexibility index (Phi) is 4.36. The third kappa shape index (κ3) is 3.74. The van der Waals surface area contributed by atoms with Crippen molar-refractivity contribution in [1.29, 1.82) is 0 Å². The van der Waals surface area contributed by atoms with E-state index in [0.717, 1.165) is 0 Å². The monoisotopic (exact) mass is 188 g/mol. The van der Waals surface area contributed by atoms with Crippen molar-refractivity contribution in [2.75, 3.05) is 7.11 Å². The van der Waals surface area contributed by atoms with Gasteiger partial charge >= 0.3 is 0 Å². The van der Waals surface area contributed by atoms with Crippen molar-refractivity contribution in [3.63, 3.8) is 0 Å². The molecular formula is C9H20N2O2. The van der Waals surface area contributed by atoms with Gasteiger partial charge in [0.15, 0.2) is 0 Å². The van der Waals surface area contributed by atoms with Crippen LogP contribution in [-0.4, -0.2) is 30.7 Å². The molecule has 0 heterocycles. The number of carbonyl (C=O) groups excluding carboxylic acids is 1. The fraction of sp³-hybridized carbons (Fsp3) is 0.889. The summed E-state index contributed by atoms with van der Waals surface area (Å²) < 4.78 is 5.12. The molecule has 4 heteroatoms. The molecule has 0 saturated heterocycles. The number of amides is 1. The standard InChI is InChI=1S/C9H20N2O2/c1-6(7(2)13-5)11-9(3,4)8(10)12/h6-7,11H,1-5H3,(H2,10,12). The maximum atomic E-state index is 11.0. The van der Waals surface area contributed by atoms with Gasteiger partial charge in [0.25, 0.3) is 0 Å². The number of rotatable bonds is 5. The Bertz CT molecular complexity index is 180. The highest BCUT2D eigenvalue weighted by Crippen LogP contribution is 2.05. The summed E-state index contributed by atoms with van der Waals surface area (Å²) >= 11 is 0. The molecule has 0 fully saturated rings. The van der Waals surface area contributed by atoms with Crippen LogP contribution in [0.4, 0.5) is 0 Å². The maximum absolute atomic E-state index is 11.0. The fourth-order valence-electron chi connectivity index (χ4n) is 0.962. The number of hydrogen-bond acceptors (Lipinski definition) is 3. The van der Waals surface area contributed by atoms with Crippen molar-refractivity contribution in [3.8, 4) is 0 Å². The molecular weight excluding hydrogens is 168 g/mol. The molecule has 0 rings (SSSR count). The minimum absolute atomic E-state index is 0.0543. The smallest absolute Gasteiger partial charge is 0.237 e. The summed E-state index contributed by atoms with van der Waals surface area (Å²) in [5.74, 6) is -0.359. The Morgan fingerprint density at radius 1 is 1.46 bits per heavy atom. The van der Waals surface area contributed by atoms with Crippen LogP contribution in [0.25, 0.3) is 0 Å². The van der Waals surface area contributed by atoms with Gasteiger partial charge in [-0.2, -0.15) is 0 Å². The van der Waals surface area contributed by atoms with E-state index >= 15 is 0 Å². The lowest BCUT2D eigenvalue weighted by molar-refractivity contribution is -0.123. The number of nitrogens with one attached hydrogen (secondary N) is 1. The van der Waals surface area contributed by atoms with Gasteiger partial charge in [-0.1, -0.05) is 0 Å². The second-order valence-electron chi connectivity index (χ2n) is 3.86. The zero-order chi connectivity index (χ0) is 10.6. The molecule has 0 bridgehead atoms. The average molecular weight is 188 g/mol. The predicted molar refractivity (Wildman–Crippen MR) is 52.3 cm³/mol. The number of primary amides is 1. The molecule has 0 aromatic rings. The second kappa shape index (κ2) is 4.58. The van der Waals surface area contributed by atoms with E-state index in [-0.39, 0.29) is 18.1 Å². The van der Waals surface area contributed by atoms with Crippen molar-refractivity contribution < 1.29 is 9.53 Å². The number of hydrogen-bond donors (Lipinski definition) is 2. The van der Waals surface area contributed by atoms with E-state index in [2.05, 4.69) is 5.32 Å². The Balaban J connectivity index is 4.19.